The van der Waals surface area contributed by atoms with E-state index in [0.717, 1.165) is 35.7 Å². The van der Waals surface area contributed by atoms with Gasteiger partial charge in [-0.1, -0.05) is 12.1 Å². The highest BCUT2D eigenvalue weighted by Gasteiger charge is 2.29. The number of halogens is 1. The molecule has 0 N–H and O–H groups in total. The molecule has 2 amide bonds. The number of benzene rings is 2. The van der Waals surface area contributed by atoms with E-state index in [2.05, 4.69) is 15.1 Å². The summed E-state index contributed by atoms with van der Waals surface area (Å²) in [6, 6.07) is 16.9. The fourth-order valence-electron chi connectivity index (χ4n) is 4.91. The number of amides is 2. The number of nitrogens with zero attached hydrogens (tertiary/aromatic N) is 5. The summed E-state index contributed by atoms with van der Waals surface area (Å²) in [4.78, 5) is 31.9. The molecule has 3 heterocycles. The minimum Gasteiger partial charge on any atom is -0.497 e. The number of methoxy groups -OCH3 is 1. The van der Waals surface area contributed by atoms with Crippen molar-refractivity contribution < 1.29 is 23.5 Å². The largest absolute Gasteiger partial charge is 0.497 e. The summed E-state index contributed by atoms with van der Waals surface area (Å²) >= 11 is 0. The summed E-state index contributed by atoms with van der Waals surface area (Å²) in [5.74, 6) is 0.672. The van der Waals surface area contributed by atoms with Gasteiger partial charge in [-0.05, 0) is 61.4 Å². The minimum atomic E-state index is -0.411. The molecule has 39 heavy (non-hydrogen) atoms. The van der Waals surface area contributed by atoms with E-state index in [1.807, 2.05) is 36.4 Å². The topological polar surface area (TPSA) is 88.1 Å². The number of carbonyl (C=O) groups excluding carboxylic acids is 2. The molecule has 0 saturated carbocycles. The molecule has 9 nitrogen and oxygen atoms in total. The number of ether oxygens (including phenoxy) is 2. The fraction of sp³-hybridized carbons (Fsp3) is 0.379. The maximum absolute atomic E-state index is 13.4. The lowest BCUT2D eigenvalue weighted by Gasteiger charge is -2.36. The zero-order valence-corrected chi connectivity index (χ0v) is 22.0. The number of piperazine rings is 1. The third kappa shape index (κ3) is 6.51. The average molecular weight is 534 g/mol. The molecular weight excluding hydrogens is 501 g/mol. The third-order valence-electron chi connectivity index (χ3n) is 7.12. The van der Waals surface area contributed by atoms with Gasteiger partial charge in [0.25, 0.3) is 5.91 Å². The van der Waals surface area contributed by atoms with Crippen molar-refractivity contribution in [3.63, 3.8) is 0 Å². The van der Waals surface area contributed by atoms with E-state index in [1.54, 1.807) is 12.0 Å². The summed E-state index contributed by atoms with van der Waals surface area (Å²) in [6.45, 7) is 3.17. The van der Waals surface area contributed by atoms with Gasteiger partial charge in [-0.2, -0.15) is 0 Å². The number of hydrogen-bond acceptors (Lipinski definition) is 7. The highest BCUT2D eigenvalue weighted by atomic mass is 19.1. The molecule has 0 bridgehead atoms. The maximum atomic E-state index is 13.4. The van der Waals surface area contributed by atoms with E-state index in [4.69, 9.17) is 9.47 Å². The van der Waals surface area contributed by atoms with Crippen molar-refractivity contribution in [3.05, 3.63) is 72.0 Å². The van der Waals surface area contributed by atoms with Crippen LogP contribution in [0.4, 0.5) is 10.2 Å². The Morgan fingerprint density at radius 2 is 1.85 bits per heavy atom. The normalized spacial score (nSPS) is 17.2. The minimum absolute atomic E-state index is 0.0505. The smallest absolute Gasteiger partial charge is 0.254 e. The van der Waals surface area contributed by atoms with Crippen LogP contribution in [-0.2, 0) is 9.53 Å². The molecule has 2 saturated heterocycles. The van der Waals surface area contributed by atoms with Gasteiger partial charge in [0.15, 0.2) is 5.82 Å². The molecule has 204 valence electrons. The van der Waals surface area contributed by atoms with Crippen LogP contribution in [0.2, 0.25) is 0 Å². The van der Waals surface area contributed by atoms with Gasteiger partial charge in [0.1, 0.15) is 18.1 Å². The second kappa shape index (κ2) is 12.2. The van der Waals surface area contributed by atoms with E-state index in [-0.39, 0.29) is 24.5 Å². The molecule has 2 aromatic carbocycles. The SMILES string of the molecule is COc1cccc(-c2ccc(N3CCN(C(=O)CN(C[C@H]4CCCO4)C(=O)c4ccc(F)cc4)CC3)nn2)c1. The van der Waals surface area contributed by atoms with Crippen molar-refractivity contribution in [3.8, 4) is 17.0 Å². The van der Waals surface area contributed by atoms with Crippen molar-refractivity contribution >= 4 is 17.6 Å². The van der Waals surface area contributed by atoms with E-state index in [1.165, 1.54) is 29.2 Å². The Morgan fingerprint density at radius 3 is 2.51 bits per heavy atom. The second-order valence-electron chi connectivity index (χ2n) is 9.70. The monoisotopic (exact) mass is 533 g/mol. The Kier molecular flexibility index (Phi) is 8.31. The zero-order valence-electron chi connectivity index (χ0n) is 22.0. The maximum Gasteiger partial charge on any atom is 0.254 e. The van der Waals surface area contributed by atoms with Gasteiger partial charge in [-0.3, -0.25) is 9.59 Å². The Labute approximate surface area is 227 Å². The van der Waals surface area contributed by atoms with E-state index < -0.39 is 5.82 Å². The molecule has 5 rings (SSSR count). The molecule has 0 unspecified atom stereocenters. The van der Waals surface area contributed by atoms with E-state index in [9.17, 15) is 14.0 Å². The molecular formula is C29H32FN5O4. The summed E-state index contributed by atoms with van der Waals surface area (Å²) < 4.78 is 24.4. The molecule has 0 radical (unpaired) electrons. The van der Waals surface area contributed by atoms with Crippen LogP contribution in [0.25, 0.3) is 11.3 Å². The number of rotatable bonds is 8. The Balaban J connectivity index is 1.19. The molecule has 1 atom stereocenters. The van der Waals surface area contributed by atoms with Gasteiger partial charge in [0, 0.05) is 50.5 Å². The van der Waals surface area contributed by atoms with Crippen LogP contribution in [0.1, 0.15) is 23.2 Å². The van der Waals surface area contributed by atoms with Crippen molar-refractivity contribution in [1.82, 2.24) is 20.0 Å². The number of aromatic nitrogens is 2. The summed E-state index contributed by atoms with van der Waals surface area (Å²) in [7, 11) is 1.63. The lowest BCUT2D eigenvalue weighted by atomic mass is 10.1. The summed E-state index contributed by atoms with van der Waals surface area (Å²) in [5.41, 5.74) is 2.03. The van der Waals surface area contributed by atoms with Gasteiger partial charge >= 0.3 is 0 Å². The Hall–Kier alpha value is -4.05. The molecule has 2 fully saturated rings. The summed E-state index contributed by atoms with van der Waals surface area (Å²) in [6.07, 6.45) is 1.68. The van der Waals surface area contributed by atoms with Gasteiger partial charge in [-0.25, -0.2) is 4.39 Å². The van der Waals surface area contributed by atoms with Crippen LogP contribution in [0.5, 0.6) is 5.75 Å². The molecule has 2 aliphatic rings. The predicted octanol–water partition coefficient (Wildman–Crippen LogP) is 3.26. The zero-order chi connectivity index (χ0) is 27.2. The Morgan fingerprint density at radius 1 is 1.05 bits per heavy atom. The van der Waals surface area contributed by atoms with Gasteiger partial charge < -0.3 is 24.2 Å². The quantitative estimate of drug-likeness (QED) is 0.439. The van der Waals surface area contributed by atoms with Crippen LogP contribution in [0.15, 0.2) is 60.7 Å². The average Bonchev–Trinajstić information content (AvgIpc) is 3.50. The van der Waals surface area contributed by atoms with Crippen LogP contribution in [-0.4, -0.2) is 90.9 Å². The first kappa shape index (κ1) is 26.6. The number of anilines is 1. The van der Waals surface area contributed by atoms with Crippen LogP contribution >= 0.6 is 0 Å². The van der Waals surface area contributed by atoms with Crippen molar-refractivity contribution in [1.29, 1.82) is 0 Å². The first-order chi connectivity index (χ1) is 19.0. The van der Waals surface area contributed by atoms with Crippen LogP contribution < -0.4 is 9.64 Å². The van der Waals surface area contributed by atoms with E-state index in [0.29, 0.717) is 44.9 Å². The second-order valence-corrected chi connectivity index (χ2v) is 9.70. The van der Waals surface area contributed by atoms with Gasteiger partial charge in [0.2, 0.25) is 5.91 Å². The highest BCUT2D eigenvalue weighted by Crippen LogP contribution is 2.23. The van der Waals surface area contributed by atoms with Crippen molar-refractivity contribution in [2.45, 2.75) is 18.9 Å². The highest BCUT2D eigenvalue weighted by molar-refractivity contribution is 5.96. The lowest BCUT2D eigenvalue weighted by Crippen LogP contribution is -2.52. The first-order valence-corrected chi connectivity index (χ1v) is 13.2. The predicted molar refractivity (Wildman–Crippen MR) is 144 cm³/mol. The number of hydrogen-bond donors (Lipinski definition) is 0. The number of carbonyl (C=O) groups is 2. The molecule has 1 aromatic heterocycles. The van der Waals surface area contributed by atoms with E-state index >= 15 is 0 Å². The summed E-state index contributed by atoms with van der Waals surface area (Å²) in [5, 5.41) is 8.80. The van der Waals surface area contributed by atoms with Gasteiger partial charge in [0.05, 0.1) is 18.9 Å². The molecule has 2 aliphatic heterocycles. The fourth-order valence-corrected chi connectivity index (χ4v) is 4.91. The third-order valence-corrected chi connectivity index (χ3v) is 7.12. The van der Waals surface area contributed by atoms with Crippen molar-refractivity contribution in [2.24, 2.45) is 0 Å². The first-order valence-electron chi connectivity index (χ1n) is 13.2. The standard InChI is InChI=1S/C29H32FN5O4/c1-38-24-5-2-4-22(18-24)26-11-12-27(32-31-26)33-13-15-34(16-14-33)28(36)20-35(19-25-6-3-17-39-25)29(37)21-7-9-23(30)10-8-21/h2,4-5,7-12,18,25H,3,6,13-17,19-20H2,1H3/t25-/m1/s1. The lowest BCUT2D eigenvalue weighted by molar-refractivity contribution is -0.132. The molecule has 10 heteroatoms. The molecule has 0 aliphatic carbocycles. The molecule has 3 aromatic rings. The Bertz CT molecular complexity index is 1270. The van der Waals surface area contributed by atoms with Crippen LogP contribution in [0.3, 0.4) is 0 Å². The molecule has 0 spiro atoms. The van der Waals surface area contributed by atoms with Crippen molar-refractivity contribution in [2.75, 3.05) is 57.9 Å². The van der Waals surface area contributed by atoms with Gasteiger partial charge in [-0.15, -0.1) is 10.2 Å². The van der Waals surface area contributed by atoms with Crippen LogP contribution in [0, 0.1) is 5.82 Å².